The van der Waals surface area contributed by atoms with Gasteiger partial charge < -0.3 is 5.32 Å². The van der Waals surface area contributed by atoms with Crippen molar-refractivity contribution in [3.63, 3.8) is 0 Å². The van der Waals surface area contributed by atoms with Crippen molar-refractivity contribution in [1.29, 1.82) is 0 Å². The largest absolute Gasteiger partial charge is 0.366 e. The molecule has 2 aromatic rings. The van der Waals surface area contributed by atoms with Crippen LogP contribution in [0.25, 0.3) is 5.65 Å². The van der Waals surface area contributed by atoms with Gasteiger partial charge in [0.15, 0.2) is 0 Å². The third-order valence-corrected chi connectivity index (χ3v) is 2.64. The quantitative estimate of drug-likeness (QED) is 0.643. The van der Waals surface area contributed by atoms with E-state index in [1.54, 1.807) is 30.5 Å². The van der Waals surface area contributed by atoms with Gasteiger partial charge in [-0.1, -0.05) is 18.2 Å². The third kappa shape index (κ3) is 2.83. The first kappa shape index (κ1) is 13.7. The number of fused-ring (bicyclic) bond motifs is 1. The van der Waals surface area contributed by atoms with Crippen LogP contribution in [0.5, 0.6) is 0 Å². The Morgan fingerprint density at radius 2 is 2.20 bits per heavy atom. The number of aliphatic imine (C=N–C) groups is 1. The van der Waals surface area contributed by atoms with Gasteiger partial charge in [-0.2, -0.15) is 0 Å². The molecule has 5 nitrogen and oxygen atoms in total. The van der Waals surface area contributed by atoms with Crippen LogP contribution in [0.1, 0.15) is 5.56 Å². The van der Waals surface area contributed by atoms with Crippen LogP contribution in [0.15, 0.2) is 59.5 Å². The Kier molecular flexibility index (Phi) is 4.44. The van der Waals surface area contributed by atoms with Crippen LogP contribution in [0.4, 0.5) is 5.82 Å². The molecule has 0 atom stereocenters. The molecule has 5 heteroatoms. The lowest BCUT2D eigenvalue weighted by molar-refractivity contribution is 1.03. The van der Waals surface area contributed by atoms with E-state index in [4.69, 9.17) is 0 Å². The van der Waals surface area contributed by atoms with E-state index in [1.165, 1.54) is 10.6 Å². The summed E-state index contributed by atoms with van der Waals surface area (Å²) in [5.41, 5.74) is 0.859. The fourth-order valence-corrected chi connectivity index (χ4v) is 1.74. The van der Waals surface area contributed by atoms with Crippen molar-refractivity contribution in [2.45, 2.75) is 0 Å². The molecule has 1 N–H and O–H groups in total. The molecule has 0 radical (unpaired) electrons. The van der Waals surface area contributed by atoms with Crippen LogP contribution < -0.4 is 10.9 Å². The van der Waals surface area contributed by atoms with Gasteiger partial charge in [0.25, 0.3) is 5.56 Å². The highest BCUT2D eigenvalue weighted by molar-refractivity contribution is 5.86. The molecular formula is C15H16N4O. The second kappa shape index (κ2) is 6.47. The van der Waals surface area contributed by atoms with Crippen molar-refractivity contribution in [2.24, 2.45) is 4.99 Å². The lowest BCUT2D eigenvalue weighted by Crippen LogP contribution is -2.22. The van der Waals surface area contributed by atoms with Gasteiger partial charge in [-0.15, -0.1) is 13.2 Å². The zero-order valence-corrected chi connectivity index (χ0v) is 11.1. The van der Waals surface area contributed by atoms with Crippen molar-refractivity contribution in [1.82, 2.24) is 9.38 Å². The summed E-state index contributed by atoms with van der Waals surface area (Å²) in [4.78, 5) is 21.0. The molecule has 0 fully saturated rings. The molecule has 0 spiro atoms. The van der Waals surface area contributed by atoms with Crippen LogP contribution >= 0.6 is 0 Å². The Bertz CT molecular complexity index is 715. The topological polar surface area (TPSA) is 58.8 Å². The highest BCUT2D eigenvalue weighted by Gasteiger charge is 2.09. The monoisotopic (exact) mass is 268 g/mol. The van der Waals surface area contributed by atoms with Crippen LogP contribution in [0, 0.1) is 0 Å². The van der Waals surface area contributed by atoms with Crippen molar-refractivity contribution < 1.29 is 0 Å². The number of hydrogen-bond donors (Lipinski definition) is 1. The average molecular weight is 268 g/mol. The highest BCUT2D eigenvalue weighted by atomic mass is 16.1. The van der Waals surface area contributed by atoms with E-state index in [0.717, 1.165) is 0 Å². The van der Waals surface area contributed by atoms with Gasteiger partial charge in [0, 0.05) is 19.0 Å². The summed E-state index contributed by atoms with van der Waals surface area (Å²) in [6, 6.07) is 5.41. The normalized spacial score (nSPS) is 10.8. The predicted octanol–water partition coefficient (Wildman–Crippen LogP) is 1.90. The molecule has 2 heterocycles. The van der Waals surface area contributed by atoms with Crippen LogP contribution in [0.2, 0.25) is 0 Å². The highest BCUT2D eigenvalue weighted by Crippen LogP contribution is 2.08. The first-order chi connectivity index (χ1) is 9.77. The minimum absolute atomic E-state index is 0.157. The zero-order valence-electron chi connectivity index (χ0n) is 11.1. The molecule has 0 bridgehead atoms. The first-order valence-electron chi connectivity index (χ1n) is 6.25. The fourth-order valence-electron chi connectivity index (χ4n) is 1.74. The molecule has 0 saturated heterocycles. The lowest BCUT2D eigenvalue weighted by Gasteiger charge is -2.08. The van der Waals surface area contributed by atoms with Crippen molar-refractivity contribution in [3.05, 3.63) is 65.6 Å². The van der Waals surface area contributed by atoms with Gasteiger partial charge in [-0.3, -0.25) is 14.2 Å². The van der Waals surface area contributed by atoms with Crippen LogP contribution in [-0.2, 0) is 0 Å². The maximum absolute atomic E-state index is 12.4. The van der Waals surface area contributed by atoms with E-state index in [2.05, 4.69) is 28.5 Å². The standard InChI is InChI=1S/C15H16N4O/c1-3-8-16-11-12-14(17-9-4-2)18-13-7-5-6-10-19(13)15(12)20/h3-7,10-11,17H,1-2,8-9H2/b16-11+. The number of rotatable bonds is 6. The molecule has 0 amide bonds. The average Bonchev–Trinajstić information content (AvgIpc) is 2.48. The van der Waals surface area contributed by atoms with E-state index >= 15 is 0 Å². The minimum atomic E-state index is -0.157. The first-order valence-corrected chi connectivity index (χ1v) is 6.25. The summed E-state index contributed by atoms with van der Waals surface area (Å²) in [7, 11) is 0. The second-order valence-electron chi connectivity index (χ2n) is 4.06. The number of pyridine rings is 1. The van der Waals surface area contributed by atoms with Crippen molar-refractivity contribution >= 4 is 17.7 Å². The van der Waals surface area contributed by atoms with Gasteiger partial charge >= 0.3 is 0 Å². The van der Waals surface area contributed by atoms with Gasteiger partial charge in [0.1, 0.15) is 17.0 Å². The summed E-state index contributed by atoms with van der Waals surface area (Å²) in [5.74, 6) is 0.508. The molecule has 2 aromatic heterocycles. The Hall–Kier alpha value is -2.69. The van der Waals surface area contributed by atoms with E-state index in [9.17, 15) is 4.79 Å². The Morgan fingerprint density at radius 3 is 2.95 bits per heavy atom. The molecule has 20 heavy (non-hydrogen) atoms. The van der Waals surface area contributed by atoms with Crippen molar-refractivity contribution in [2.75, 3.05) is 18.4 Å². The summed E-state index contributed by atoms with van der Waals surface area (Å²) < 4.78 is 1.49. The number of aromatic nitrogens is 2. The molecule has 102 valence electrons. The van der Waals surface area contributed by atoms with E-state index in [0.29, 0.717) is 30.1 Å². The zero-order chi connectivity index (χ0) is 14.4. The summed E-state index contributed by atoms with van der Waals surface area (Å²) in [6.45, 7) is 8.22. The summed E-state index contributed by atoms with van der Waals surface area (Å²) >= 11 is 0. The lowest BCUT2D eigenvalue weighted by atomic mass is 10.3. The van der Waals surface area contributed by atoms with Gasteiger partial charge in [-0.25, -0.2) is 4.98 Å². The van der Waals surface area contributed by atoms with E-state index in [-0.39, 0.29) is 5.56 Å². The van der Waals surface area contributed by atoms with Crippen molar-refractivity contribution in [3.8, 4) is 0 Å². The van der Waals surface area contributed by atoms with Gasteiger partial charge in [-0.05, 0) is 12.1 Å². The predicted molar refractivity (Wildman–Crippen MR) is 82.8 cm³/mol. The third-order valence-electron chi connectivity index (χ3n) is 2.64. The molecular weight excluding hydrogens is 252 g/mol. The molecule has 0 unspecified atom stereocenters. The Labute approximate surface area is 117 Å². The Balaban J connectivity index is 2.59. The number of anilines is 1. The molecule has 0 aliphatic rings. The maximum Gasteiger partial charge on any atom is 0.268 e. The SMILES string of the molecule is C=CC/N=C/c1c(NCC=C)nc2ccccn2c1=O. The van der Waals surface area contributed by atoms with Crippen LogP contribution in [-0.4, -0.2) is 28.7 Å². The fraction of sp³-hybridized carbons (Fsp3) is 0.133. The molecule has 0 aliphatic heterocycles. The second-order valence-corrected chi connectivity index (χ2v) is 4.06. The molecule has 0 aliphatic carbocycles. The van der Waals surface area contributed by atoms with E-state index < -0.39 is 0 Å². The summed E-state index contributed by atoms with van der Waals surface area (Å²) in [6.07, 6.45) is 6.59. The Morgan fingerprint density at radius 1 is 1.35 bits per heavy atom. The maximum atomic E-state index is 12.4. The molecule has 2 rings (SSSR count). The van der Waals surface area contributed by atoms with Gasteiger partial charge in [0.05, 0.1) is 6.54 Å². The number of nitrogens with zero attached hydrogens (tertiary/aromatic N) is 3. The molecule has 0 aromatic carbocycles. The molecule has 0 saturated carbocycles. The summed E-state index contributed by atoms with van der Waals surface area (Å²) in [5, 5.41) is 3.06. The van der Waals surface area contributed by atoms with Crippen LogP contribution in [0.3, 0.4) is 0 Å². The minimum Gasteiger partial charge on any atom is -0.366 e. The number of nitrogens with one attached hydrogen (secondary N) is 1. The van der Waals surface area contributed by atoms with E-state index in [1.807, 2.05) is 6.07 Å². The smallest absolute Gasteiger partial charge is 0.268 e. The number of hydrogen-bond acceptors (Lipinski definition) is 4. The van der Waals surface area contributed by atoms with Gasteiger partial charge in [0.2, 0.25) is 0 Å².